The van der Waals surface area contributed by atoms with Crippen LogP contribution in [0.5, 0.6) is 0 Å². The normalized spacial score (nSPS) is 11.2. The lowest BCUT2D eigenvalue weighted by atomic mass is 10.3. The fourth-order valence-electron chi connectivity index (χ4n) is 2.71. The topological polar surface area (TPSA) is 68.4 Å². The highest BCUT2D eigenvalue weighted by Gasteiger charge is 2.17. The fourth-order valence-corrected chi connectivity index (χ4v) is 3.35. The van der Waals surface area contributed by atoms with E-state index in [-0.39, 0.29) is 11.5 Å². The number of aryl methyl sites for hydroxylation is 1. The fraction of sp³-hybridized carbons (Fsp3) is 0.118. The lowest BCUT2D eigenvalue weighted by Gasteiger charge is -2.05. The molecule has 0 saturated carbocycles. The molecule has 4 aromatic rings. The van der Waals surface area contributed by atoms with Crippen molar-refractivity contribution in [3.63, 3.8) is 0 Å². The molecule has 4 aromatic heterocycles. The average Bonchev–Trinajstić information content (AvgIpc) is 3.22. The van der Waals surface area contributed by atoms with E-state index < -0.39 is 0 Å². The zero-order valence-electron chi connectivity index (χ0n) is 12.9. The number of nitrogens with one attached hydrogen (secondary N) is 1. The van der Waals surface area contributed by atoms with Crippen molar-refractivity contribution in [1.82, 2.24) is 19.3 Å². The minimum Gasteiger partial charge on any atom is -0.346 e. The van der Waals surface area contributed by atoms with Gasteiger partial charge in [0.05, 0.1) is 11.9 Å². The standard InChI is InChI=1S/C17H14N4O2S/c1-20-13(16(22)18-10-11-5-4-8-24-11)9-12-15(20)19-14-6-2-3-7-21(14)17(12)23/h2-9H,10H2,1H3,(H,18,22). The van der Waals surface area contributed by atoms with Gasteiger partial charge >= 0.3 is 0 Å². The molecule has 120 valence electrons. The first-order chi connectivity index (χ1) is 11.6. The lowest BCUT2D eigenvalue weighted by molar-refractivity contribution is 0.0943. The molecule has 0 unspecified atom stereocenters. The van der Waals surface area contributed by atoms with E-state index in [9.17, 15) is 9.59 Å². The first-order valence-electron chi connectivity index (χ1n) is 7.42. The molecule has 0 bridgehead atoms. The summed E-state index contributed by atoms with van der Waals surface area (Å²) in [6, 6.07) is 10.9. The quantitative estimate of drug-likeness (QED) is 0.622. The molecule has 7 heteroatoms. The molecule has 0 spiro atoms. The third-order valence-electron chi connectivity index (χ3n) is 3.94. The summed E-state index contributed by atoms with van der Waals surface area (Å²) in [6.07, 6.45) is 1.67. The second-order valence-electron chi connectivity index (χ2n) is 5.43. The van der Waals surface area contributed by atoms with E-state index in [0.29, 0.717) is 28.9 Å². The Morgan fingerprint density at radius 3 is 2.96 bits per heavy atom. The monoisotopic (exact) mass is 338 g/mol. The number of nitrogens with zero attached hydrogens (tertiary/aromatic N) is 3. The Balaban J connectivity index is 1.77. The van der Waals surface area contributed by atoms with Crippen LogP contribution in [0.25, 0.3) is 16.7 Å². The lowest BCUT2D eigenvalue weighted by Crippen LogP contribution is -2.24. The van der Waals surface area contributed by atoms with Crippen LogP contribution < -0.4 is 10.9 Å². The van der Waals surface area contributed by atoms with Crippen LogP contribution in [0.3, 0.4) is 0 Å². The molecule has 1 N–H and O–H groups in total. The maximum atomic E-state index is 12.6. The predicted octanol–water partition coefficient (Wildman–Crippen LogP) is 2.18. The summed E-state index contributed by atoms with van der Waals surface area (Å²) in [7, 11) is 1.74. The number of hydrogen-bond acceptors (Lipinski definition) is 4. The van der Waals surface area contributed by atoms with Gasteiger partial charge in [-0.2, -0.15) is 0 Å². The molecular formula is C17H14N4O2S. The van der Waals surface area contributed by atoms with E-state index in [1.165, 1.54) is 4.40 Å². The van der Waals surface area contributed by atoms with Crippen LogP contribution in [0.1, 0.15) is 15.4 Å². The molecule has 4 rings (SSSR count). The Hall–Kier alpha value is -2.93. The first kappa shape index (κ1) is 14.6. The van der Waals surface area contributed by atoms with E-state index in [2.05, 4.69) is 10.3 Å². The van der Waals surface area contributed by atoms with Gasteiger partial charge in [0.1, 0.15) is 17.0 Å². The molecule has 0 aromatic carbocycles. The second kappa shape index (κ2) is 5.61. The van der Waals surface area contributed by atoms with Gasteiger partial charge in [0.15, 0.2) is 0 Å². The predicted molar refractivity (Wildman–Crippen MR) is 93.4 cm³/mol. The summed E-state index contributed by atoms with van der Waals surface area (Å²) < 4.78 is 3.14. The van der Waals surface area contributed by atoms with Crippen molar-refractivity contribution in [1.29, 1.82) is 0 Å². The number of hydrogen-bond donors (Lipinski definition) is 1. The van der Waals surface area contributed by atoms with Crippen LogP contribution in [-0.2, 0) is 13.6 Å². The van der Waals surface area contributed by atoms with Crippen molar-refractivity contribution < 1.29 is 4.79 Å². The minimum absolute atomic E-state index is 0.177. The summed E-state index contributed by atoms with van der Waals surface area (Å²) in [4.78, 5) is 30.6. The molecule has 0 aliphatic carbocycles. The highest BCUT2D eigenvalue weighted by Crippen LogP contribution is 2.15. The van der Waals surface area contributed by atoms with Gasteiger partial charge in [0, 0.05) is 18.1 Å². The van der Waals surface area contributed by atoms with E-state index >= 15 is 0 Å². The van der Waals surface area contributed by atoms with Crippen LogP contribution in [0.15, 0.2) is 52.8 Å². The Labute approximate surface area is 141 Å². The number of fused-ring (bicyclic) bond motifs is 2. The molecule has 0 atom stereocenters. The molecule has 6 nitrogen and oxygen atoms in total. The summed E-state index contributed by atoms with van der Waals surface area (Å²) in [5.41, 5.74) is 1.31. The van der Waals surface area contributed by atoms with Crippen molar-refractivity contribution >= 4 is 33.9 Å². The Kier molecular flexibility index (Phi) is 3.42. The highest BCUT2D eigenvalue weighted by molar-refractivity contribution is 7.09. The smallest absolute Gasteiger partial charge is 0.268 e. The van der Waals surface area contributed by atoms with E-state index in [1.54, 1.807) is 47.3 Å². The Bertz CT molecular complexity index is 1110. The Morgan fingerprint density at radius 2 is 2.17 bits per heavy atom. The van der Waals surface area contributed by atoms with Crippen LogP contribution in [0.4, 0.5) is 0 Å². The summed E-state index contributed by atoms with van der Waals surface area (Å²) in [6.45, 7) is 0.465. The number of thiophene rings is 1. The zero-order chi connectivity index (χ0) is 16.7. The van der Waals surface area contributed by atoms with Gasteiger partial charge in [0.25, 0.3) is 11.5 Å². The third-order valence-corrected chi connectivity index (χ3v) is 4.82. The van der Waals surface area contributed by atoms with Gasteiger partial charge in [-0.25, -0.2) is 4.98 Å². The first-order valence-corrected chi connectivity index (χ1v) is 8.30. The molecule has 0 saturated heterocycles. The summed E-state index contributed by atoms with van der Waals surface area (Å²) in [5.74, 6) is -0.225. The number of amides is 1. The van der Waals surface area contributed by atoms with Gasteiger partial charge in [0.2, 0.25) is 0 Å². The molecule has 0 aliphatic heterocycles. The van der Waals surface area contributed by atoms with E-state index in [4.69, 9.17) is 0 Å². The summed E-state index contributed by atoms with van der Waals surface area (Å²) in [5, 5.41) is 5.28. The Morgan fingerprint density at radius 1 is 1.29 bits per heavy atom. The second-order valence-corrected chi connectivity index (χ2v) is 6.47. The van der Waals surface area contributed by atoms with Crippen LogP contribution in [0.2, 0.25) is 0 Å². The average molecular weight is 338 g/mol. The molecule has 0 fully saturated rings. The molecule has 24 heavy (non-hydrogen) atoms. The van der Waals surface area contributed by atoms with E-state index in [0.717, 1.165) is 4.88 Å². The zero-order valence-corrected chi connectivity index (χ0v) is 13.7. The van der Waals surface area contributed by atoms with Gasteiger partial charge in [-0.3, -0.25) is 14.0 Å². The highest BCUT2D eigenvalue weighted by atomic mass is 32.1. The number of rotatable bonds is 3. The SMILES string of the molecule is Cn1c(C(=O)NCc2cccs2)cc2c(=O)n3ccccc3nc21. The molecule has 0 radical (unpaired) electrons. The number of carbonyl (C=O) groups excluding carboxylic acids is 1. The third kappa shape index (κ3) is 2.30. The van der Waals surface area contributed by atoms with Crippen LogP contribution >= 0.6 is 11.3 Å². The van der Waals surface area contributed by atoms with Gasteiger partial charge < -0.3 is 9.88 Å². The number of aromatic nitrogens is 3. The summed E-state index contributed by atoms with van der Waals surface area (Å²) >= 11 is 1.59. The number of pyridine rings is 1. The van der Waals surface area contributed by atoms with Crippen molar-refractivity contribution in [2.75, 3.05) is 0 Å². The van der Waals surface area contributed by atoms with Crippen molar-refractivity contribution in [3.8, 4) is 0 Å². The van der Waals surface area contributed by atoms with Crippen molar-refractivity contribution in [2.45, 2.75) is 6.54 Å². The number of carbonyl (C=O) groups is 1. The van der Waals surface area contributed by atoms with Crippen LogP contribution in [0, 0.1) is 0 Å². The van der Waals surface area contributed by atoms with Crippen molar-refractivity contribution in [3.05, 3.63) is 68.9 Å². The molecule has 0 aliphatic rings. The molecular weight excluding hydrogens is 324 g/mol. The van der Waals surface area contributed by atoms with Crippen LogP contribution in [-0.4, -0.2) is 19.9 Å². The largest absolute Gasteiger partial charge is 0.346 e. The maximum absolute atomic E-state index is 12.6. The van der Waals surface area contributed by atoms with Gasteiger partial charge in [-0.05, 0) is 29.6 Å². The maximum Gasteiger partial charge on any atom is 0.268 e. The van der Waals surface area contributed by atoms with Crippen molar-refractivity contribution in [2.24, 2.45) is 7.05 Å². The van der Waals surface area contributed by atoms with Gasteiger partial charge in [-0.15, -0.1) is 11.3 Å². The van der Waals surface area contributed by atoms with Gasteiger partial charge in [-0.1, -0.05) is 12.1 Å². The molecule has 4 heterocycles. The minimum atomic E-state index is -0.225. The molecule has 1 amide bonds. The van der Waals surface area contributed by atoms with E-state index in [1.807, 2.05) is 23.6 Å².